The van der Waals surface area contributed by atoms with Crippen molar-refractivity contribution in [3.05, 3.63) is 5.15 Å². The smallest absolute Gasteiger partial charge is 0.186 e. The fourth-order valence-corrected chi connectivity index (χ4v) is 2.15. The molecule has 0 amide bonds. The lowest BCUT2D eigenvalue weighted by molar-refractivity contribution is 0.255. The number of anilines is 1. The van der Waals surface area contributed by atoms with E-state index in [-0.39, 0.29) is 6.61 Å². The van der Waals surface area contributed by atoms with Crippen molar-refractivity contribution in [3.63, 3.8) is 0 Å². The monoisotopic (exact) mass is 249 g/mol. The minimum atomic E-state index is 0.232. The van der Waals surface area contributed by atoms with Crippen molar-refractivity contribution in [1.29, 1.82) is 0 Å². The van der Waals surface area contributed by atoms with Crippen LogP contribution in [0.15, 0.2) is 0 Å². The van der Waals surface area contributed by atoms with Gasteiger partial charge in [0.2, 0.25) is 0 Å². The average Bonchev–Trinajstić information content (AvgIpc) is 2.61. The molecule has 0 aliphatic rings. The Kier molecular flexibility index (Phi) is 5.90. The topological polar surface area (TPSA) is 58.0 Å². The molecule has 1 heterocycles. The maximum absolute atomic E-state index is 8.90. The minimum absolute atomic E-state index is 0.232. The molecule has 2 N–H and O–H groups in total. The van der Waals surface area contributed by atoms with Crippen molar-refractivity contribution in [2.24, 2.45) is 5.92 Å². The standard InChI is InChI=1S/C9H16ClN3OS/c1-2-3-7(4-5-14)6-11-9-8(10)12-15-13-9/h7,14H,2-6H2,1H3,(H,11,13). The van der Waals surface area contributed by atoms with Gasteiger partial charge in [0.15, 0.2) is 11.0 Å². The quantitative estimate of drug-likeness (QED) is 0.779. The summed E-state index contributed by atoms with van der Waals surface area (Å²) in [5, 5.41) is 12.5. The van der Waals surface area contributed by atoms with Crippen molar-refractivity contribution >= 4 is 29.1 Å². The van der Waals surface area contributed by atoms with Gasteiger partial charge in [-0.05, 0) is 18.8 Å². The number of aromatic nitrogens is 2. The van der Waals surface area contributed by atoms with E-state index in [4.69, 9.17) is 16.7 Å². The molecule has 0 aliphatic carbocycles. The fraction of sp³-hybridized carbons (Fsp3) is 0.778. The van der Waals surface area contributed by atoms with E-state index in [1.54, 1.807) is 0 Å². The van der Waals surface area contributed by atoms with Gasteiger partial charge < -0.3 is 10.4 Å². The van der Waals surface area contributed by atoms with Crippen molar-refractivity contribution < 1.29 is 5.11 Å². The zero-order valence-corrected chi connectivity index (χ0v) is 10.3. The van der Waals surface area contributed by atoms with Gasteiger partial charge in [-0.25, -0.2) is 0 Å². The summed E-state index contributed by atoms with van der Waals surface area (Å²) in [4.78, 5) is 0. The minimum Gasteiger partial charge on any atom is -0.396 e. The van der Waals surface area contributed by atoms with E-state index >= 15 is 0 Å². The van der Waals surface area contributed by atoms with Crippen LogP contribution in [0.4, 0.5) is 5.82 Å². The van der Waals surface area contributed by atoms with E-state index in [9.17, 15) is 0 Å². The van der Waals surface area contributed by atoms with E-state index in [0.29, 0.717) is 16.9 Å². The Morgan fingerprint density at radius 1 is 1.47 bits per heavy atom. The number of aliphatic hydroxyl groups excluding tert-OH is 1. The van der Waals surface area contributed by atoms with Crippen LogP contribution in [0.25, 0.3) is 0 Å². The summed E-state index contributed by atoms with van der Waals surface area (Å²) in [5.74, 6) is 1.12. The van der Waals surface area contributed by atoms with E-state index in [1.165, 1.54) is 0 Å². The van der Waals surface area contributed by atoms with Crippen LogP contribution < -0.4 is 5.32 Å². The molecule has 0 saturated heterocycles. The predicted molar refractivity (Wildman–Crippen MR) is 63.5 cm³/mol. The van der Waals surface area contributed by atoms with Crippen LogP contribution in [0, 0.1) is 5.92 Å². The molecule has 0 saturated carbocycles. The first-order valence-corrected chi connectivity index (χ1v) is 6.21. The van der Waals surface area contributed by atoms with Crippen molar-refractivity contribution in [1.82, 2.24) is 8.75 Å². The molecule has 0 radical (unpaired) electrons. The first-order chi connectivity index (χ1) is 7.27. The van der Waals surface area contributed by atoms with E-state index in [0.717, 1.165) is 37.5 Å². The van der Waals surface area contributed by atoms with Gasteiger partial charge in [-0.3, -0.25) is 0 Å². The molecule has 4 nitrogen and oxygen atoms in total. The summed E-state index contributed by atoms with van der Waals surface area (Å²) >= 11 is 6.90. The number of nitrogens with one attached hydrogen (secondary N) is 1. The molecular weight excluding hydrogens is 234 g/mol. The molecule has 1 aromatic heterocycles. The van der Waals surface area contributed by atoms with Crippen LogP contribution in [-0.2, 0) is 0 Å². The maximum atomic E-state index is 8.90. The summed E-state index contributed by atoms with van der Waals surface area (Å²) in [5.41, 5.74) is 0. The maximum Gasteiger partial charge on any atom is 0.186 e. The van der Waals surface area contributed by atoms with Crippen LogP contribution >= 0.6 is 23.3 Å². The van der Waals surface area contributed by atoms with Gasteiger partial charge >= 0.3 is 0 Å². The molecule has 86 valence electrons. The molecule has 0 aromatic carbocycles. The third-order valence-electron chi connectivity index (χ3n) is 2.24. The van der Waals surface area contributed by atoms with Crippen molar-refractivity contribution in [2.75, 3.05) is 18.5 Å². The summed E-state index contributed by atoms with van der Waals surface area (Å²) in [6, 6.07) is 0. The molecule has 1 atom stereocenters. The summed E-state index contributed by atoms with van der Waals surface area (Å²) < 4.78 is 7.90. The third kappa shape index (κ3) is 4.32. The third-order valence-corrected chi connectivity index (χ3v) is 3.13. The molecule has 0 aliphatic heterocycles. The first kappa shape index (κ1) is 12.7. The number of rotatable bonds is 7. The Morgan fingerprint density at radius 2 is 2.27 bits per heavy atom. The Bertz CT molecular complexity index is 276. The number of nitrogens with zero attached hydrogens (tertiary/aromatic N) is 2. The number of halogens is 1. The second kappa shape index (κ2) is 6.98. The SMILES string of the molecule is CCCC(CCO)CNc1nsnc1Cl. The lowest BCUT2D eigenvalue weighted by atomic mass is 10.0. The number of hydrogen-bond acceptors (Lipinski definition) is 5. The molecule has 0 spiro atoms. The van der Waals surface area contributed by atoms with Gasteiger partial charge in [-0.15, -0.1) is 0 Å². The normalized spacial score (nSPS) is 12.7. The zero-order chi connectivity index (χ0) is 11.1. The Labute approximate surface area is 99.0 Å². The largest absolute Gasteiger partial charge is 0.396 e. The van der Waals surface area contributed by atoms with Gasteiger partial charge in [0.05, 0.1) is 11.7 Å². The zero-order valence-electron chi connectivity index (χ0n) is 8.74. The average molecular weight is 250 g/mol. The van der Waals surface area contributed by atoms with E-state index in [2.05, 4.69) is 21.0 Å². The lowest BCUT2D eigenvalue weighted by Crippen LogP contribution is -2.16. The highest BCUT2D eigenvalue weighted by Gasteiger charge is 2.10. The number of aliphatic hydroxyl groups is 1. The Balaban J connectivity index is 2.36. The van der Waals surface area contributed by atoms with Crippen LogP contribution in [0.2, 0.25) is 5.15 Å². The van der Waals surface area contributed by atoms with Crippen LogP contribution in [0.3, 0.4) is 0 Å². The predicted octanol–water partition coefficient (Wildman–Crippen LogP) is 2.40. The van der Waals surface area contributed by atoms with E-state index in [1.807, 2.05) is 0 Å². The molecule has 0 fully saturated rings. The van der Waals surface area contributed by atoms with Gasteiger partial charge in [-0.2, -0.15) is 8.75 Å². The molecule has 1 rings (SSSR count). The second-order valence-corrected chi connectivity index (χ2v) is 4.34. The van der Waals surface area contributed by atoms with Crippen LogP contribution in [0.5, 0.6) is 0 Å². The van der Waals surface area contributed by atoms with Crippen molar-refractivity contribution in [2.45, 2.75) is 26.2 Å². The molecule has 6 heteroatoms. The highest BCUT2D eigenvalue weighted by Crippen LogP contribution is 2.19. The molecule has 1 unspecified atom stereocenters. The van der Waals surface area contributed by atoms with E-state index < -0.39 is 0 Å². The highest BCUT2D eigenvalue weighted by molar-refractivity contribution is 6.99. The summed E-state index contributed by atoms with van der Waals surface area (Å²) in [7, 11) is 0. The molecular formula is C9H16ClN3OS. The van der Waals surface area contributed by atoms with Gasteiger partial charge in [-0.1, -0.05) is 24.9 Å². The van der Waals surface area contributed by atoms with Gasteiger partial charge in [0.25, 0.3) is 0 Å². The molecule has 15 heavy (non-hydrogen) atoms. The fourth-order valence-electron chi connectivity index (χ4n) is 1.46. The van der Waals surface area contributed by atoms with Crippen LogP contribution in [0.1, 0.15) is 26.2 Å². The lowest BCUT2D eigenvalue weighted by Gasteiger charge is -2.15. The summed E-state index contributed by atoms with van der Waals surface area (Å²) in [6.07, 6.45) is 3.04. The Hall–Kier alpha value is -0.390. The van der Waals surface area contributed by atoms with Gasteiger partial charge in [0.1, 0.15) is 0 Å². The Morgan fingerprint density at radius 3 is 2.80 bits per heavy atom. The first-order valence-electron chi connectivity index (χ1n) is 5.10. The highest BCUT2D eigenvalue weighted by atomic mass is 35.5. The number of hydrogen-bond donors (Lipinski definition) is 2. The van der Waals surface area contributed by atoms with Crippen LogP contribution in [-0.4, -0.2) is 27.0 Å². The van der Waals surface area contributed by atoms with Crippen molar-refractivity contribution in [3.8, 4) is 0 Å². The second-order valence-electron chi connectivity index (χ2n) is 3.45. The molecule has 1 aromatic rings. The molecule has 0 bridgehead atoms. The van der Waals surface area contributed by atoms with Gasteiger partial charge in [0, 0.05) is 13.2 Å². The summed E-state index contributed by atoms with van der Waals surface area (Å²) in [6.45, 7) is 3.16.